The van der Waals surface area contributed by atoms with Gasteiger partial charge in [-0.05, 0) is 38.5 Å². The molecule has 0 amide bonds. The fourth-order valence-electron chi connectivity index (χ4n) is 2.60. The Balaban J connectivity index is 1.95. The van der Waals surface area contributed by atoms with Crippen LogP contribution >= 0.6 is 11.3 Å². The molecule has 0 aromatic carbocycles. The van der Waals surface area contributed by atoms with Gasteiger partial charge in [0, 0.05) is 36.6 Å². The molecule has 0 bridgehead atoms. The van der Waals surface area contributed by atoms with Crippen LogP contribution in [0.2, 0.25) is 0 Å². The van der Waals surface area contributed by atoms with Crippen LogP contribution in [0, 0.1) is 12.3 Å². The molecule has 1 N–H and O–H groups in total. The van der Waals surface area contributed by atoms with Crippen LogP contribution in [0.15, 0.2) is 0 Å². The first-order valence-electron chi connectivity index (χ1n) is 7.97. The molecule has 1 heterocycles. The third-order valence-electron chi connectivity index (χ3n) is 4.44. The van der Waals surface area contributed by atoms with Crippen molar-refractivity contribution < 1.29 is 4.74 Å². The van der Waals surface area contributed by atoms with Crippen molar-refractivity contribution >= 4 is 11.3 Å². The second kappa shape index (κ2) is 6.35. The molecule has 1 unspecified atom stereocenters. The Kier molecular flexibility index (Phi) is 5.11. The minimum atomic E-state index is 0.142. The smallest absolute Gasteiger partial charge is 0.0985 e. The van der Waals surface area contributed by atoms with Gasteiger partial charge in [-0.2, -0.15) is 0 Å². The Morgan fingerprint density at radius 3 is 2.52 bits per heavy atom. The van der Waals surface area contributed by atoms with Crippen LogP contribution in [0.4, 0.5) is 0 Å². The summed E-state index contributed by atoms with van der Waals surface area (Å²) in [5, 5.41) is 4.97. The predicted octanol–water partition coefficient (Wildman–Crippen LogP) is 4.22. The van der Waals surface area contributed by atoms with Gasteiger partial charge in [-0.25, -0.2) is 4.98 Å². The van der Waals surface area contributed by atoms with Gasteiger partial charge in [0.1, 0.15) is 0 Å². The molecule has 3 nitrogen and oxygen atoms in total. The molecular weight excluding hydrogens is 280 g/mol. The minimum Gasteiger partial charge on any atom is -0.385 e. The maximum Gasteiger partial charge on any atom is 0.0985 e. The van der Waals surface area contributed by atoms with Gasteiger partial charge in [0.05, 0.1) is 10.7 Å². The fraction of sp³-hybridized carbons (Fsp3) is 0.824. The number of aryl methyl sites for hydroxylation is 1. The van der Waals surface area contributed by atoms with Crippen LogP contribution in [0.5, 0.6) is 0 Å². The van der Waals surface area contributed by atoms with Gasteiger partial charge in [-0.1, -0.05) is 20.8 Å². The van der Waals surface area contributed by atoms with Crippen LogP contribution in [-0.4, -0.2) is 25.2 Å². The molecule has 0 radical (unpaired) electrons. The van der Waals surface area contributed by atoms with Crippen molar-refractivity contribution in [3.05, 3.63) is 15.6 Å². The highest BCUT2D eigenvalue weighted by atomic mass is 32.1. The first-order valence-corrected chi connectivity index (χ1v) is 8.79. The zero-order valence-electron chi connectivity index (χ0n) is 14.4. The molecule has 0 saturated heterocycles. The lowest BCUT2D eigenvalue weighted by molar-refractivity contribution is 0.170. The summed E-state index contributed by atoms with van der Waals surface area (Å²) in [6.45, 7) is 13.1. The zero-order valence-corrected chi connectivity index (χ0v) is 15.2. The number of ether oxygens (including phenoxy) is 1. The molecule has 1 saturated carbocycles. The van der Waals surface area contributed by atoms with Gasteiger partial charge in [0.15, 0.2) is 0 Å². The molecule has 1 aliphatic carbocycles. The topological polar surface area (TPSA) is 34.1 Å². The van der Waals surface area contributed by atoms with Crippen LogP contribution in [-0.2, 0) is 10.2 Å². The summed E-state index contributed by atoms with van der Waals surface area (Å²) < 4.78 is 5.23. The quantitative estimate of drug-likeness (QED) is 0.819. The van der Waals surface area contributed by atoms with E-state index in [1.165, 1.54) is 34.8 Å². The summed E-state index contributed by atoms with van der Waals surface area (Å²) in [4.78, 5) is 6.16. The second-order valence-electron chi connectivity index (χ2n) is 7.56. The van der Waals surface area contributed by atoms with Crippen LogP contribution in [0.1, 0.15) is 68.6 Å². The van der Waals surface area contributed by atoms with E-state index in [-0.39, 0.29) is 5.41 Å². The minimum absolute atomic E-state index is 0.142. The van der Waals surface area contributed by atoms with Crippen molar-refractivity contribution in [3.8, 4) is 0 Å². The molecule has 4 heteroatoms. The van der Waals surface area contributed by atoms with Crippen molar-refractivity contribution in [1.29, 1.82) is 0 Å². The molecule has 1 aliphatic rings. The first-order chi connectivity index (χ1) is 9.77. The Labute approximate surface area is 133 Å². The zero-order chi connectivity index (χ0) is 15.7. The van der Waals surface area contributed by atoms with E-state index in [1.54, 1.807) is 7.11 Å². The third-order valence-corrected chi connectivity index (χ3v) is 6.21. The Morgan fingerprint density at radius 2 is 2.05 bits per heavy atom. The highest BCUT2D eigenvalue weighted by molar-refractivity contribution is 7.12. The Hall–Kier alpha value is -0.450. The lowest BCUT2D eigenvalue weighted by Crippen LogP contribution is -2.27. The predicted molar refractivity (Wildman–Crippen MR) is 90.1 cm³/mol. The maximum atomic E-state index is 5.23. The lowest BCUT2D eigenvalue weighted by Gasteiger charge is -2.19. The number of hydrogen-bond acceptors (Lipinski definition) is 4. The maximum absolute atomic E-state index is 5.23. The molecule has 2 rings (SSSR count). The van der Waals surface area contributed by atoms with E-state index in [2.05, 4.69) is 39.9 Å². The van der Waals surface area contributed by atoms with Gasteiger partial charge in [0.25, 0.3) is 0 Å². The van der Waals surface area contributed by atoms with E-state index in [1.807, 2.05) is 11.3 Å². The van der Waals surface area contributed by atoms with E-state index in [4.69, 9.17) is 9.72 Å². The summed E-state index contributed by atoms with van der Waals surface area (Å²) in [7, 11) is 1.79. The summed E-state index contributed by atoms with van der Waals surface area (Å²) in [5.74, 6) is 0. The van der Waals surface area contributed by atoms with E-state index >= 15 is 0 Å². The van der Waals surface area contributed by atoms with Crippen molar-refractivity contribution in [2.24, 2.45) is 5.41 Å². The molecule has 1 fully saturated rings. The average Bonchev–Trinajstić information content (AvgIpc) is 3.06. The highest BCUT2D eigenvalue weighted by Crippen LogP contribution is 2.48. The van der Waals surface area contributed by atoms with Gasteiger partial charge >= 0.3 is 0 Å². The monoisotopic (exact) mass is 310 g/mol. The average molecular weight is 311 g/mol. The highest BCUT2D eigenvalue weighted by Gasteiger charge is 2.41. The molecular formula is C17H30N2OS. The fourth-order valence-corrected chi connectivity index (χ4v) is 3.75. The molecule has 0 spiro atoms. The molecule has 1 aromatic rings. The SMILES string of the molecule is COCCC1(CNC(C)c2sc(C(C)(C)C)nc2C)CC1. The Morgan fingerprint density at radius 1 is 1.38 bits per heavy atom. The third kappa shape index (κ3) is 4.27. The number of thiazole rings is 1. The lowest BCUT2D eigenvalue weighted by atomic mass is 9.98. The van der Waals surface area contributed by atoms with Crippen LogP contribution in [0.3, 0.4) is 0 Å². The molecule has 1 atom stereocenters. The summed E-state index contributed by atoms with van der Waals surface area (Å²) >= 11 is 1.87. The van der Waals surface area contributed by atoms with E-state index in [9.17, 15) is 0 Å². The molecule has 21 heavy (non-hydrogen) atoms. The van der Waals surface area contributed by atoms with Crippen molar-refractivity contribution in [2.45, 2.75) is 65.3 Å². The largest absolute Gasteiger partial charge is 0.385 e. The van der Waals surface area contributed by atoms with E-state index in [0.29, 0.717) is 11.5 Å². The number of rotatable bonds is 7. The Bertz CT molecular complexity index is 472. The van der Waals surface area contributed by atoms with Gasteiger partial charge in [-0.15, -0.1) is 11.3 Å². The summed E-state index contributed by atoms with van der Waals surface area (Å²) in [5.41, 5.74) is 1.82. The van der Waals surface area contributed by atoms with Crippen molar-refractivity contribution in [3.63, 3.8) is 0 Å². The summed E-state index contributed by atoms with van der Waals surface area (Å²) in [6, 6.07) is 0.388. The number of nitrogens with zero attached hydrogens (tertiary/aromatic N) is 1. The van der Waals surface area contributed by atoms with Crippen LogP contribution < -0.4 is 5.32 Å². The molecule has 0 aliphatic heterocycles. The number of methoxy groups -OCH3 is 1. The van der Waals surface area contributed by atoms with Gasteiger partial charge in [-0.3, -0.25) is 0 Å². The summed E-state index contributed by atoms with van der Waals surface area (Å²) in [6.07, 6.45) is 3.86. The van der Waals surface area contributed by atoms with Gasteiger partial charge in [0.2, 0.25) is 0 Å². The first kappa shape index (κ1) is 16.9. The molecule has 120 valence electrons. The van der Waals surface area contributed by atoms with Crippen molar-refractivity contribution in [1.82, 2.24) is 10.3 Å². The van der Waals surface area contributed by atoms with Gasteiger partial charge < -0.3 is 10.1 Å². The normalized spacial score (nSPS) is 18.8. The standard InChI is InChI=1S/C17H30N2OS/c1-12(18-11-17(7-8-17)9-10-20-6)14-13(2)19-15(21-14)16(3,4)5/h12,18H,7-11H2,1-6H3. The van der Waals surface area contributed by atoms with Crippen molar-refractivity contribution in [2.75, 3.05) is 20.3 Å². The number of nitrogens with one attached hydrogen (secondary N) is 1. The van der Waals surface area contributed by atoms with Crippen LogP contribution in [0.25, 0.3) is 0 Å². The second-order valence-corrected chi connectivity index (χ2v) is 8.59. The van der Waals surface area contributed by atoms with E-state index in [0.717, 1.165) is 13.2 Å². The number of hydrogen-bond donors (Lipinski definition) is 1. The number of aromatic nitrogens is 1. The van der Waals surface area contributed by atoms with E-state index < -0.39 is 0 Å². The molecule has 1 aromatic heterocycles.